The second-order valence-corrected chi connectivity index (χ2v) is 6.37. The molecule has 1 unspecified atom stereocenters. The highest BCUT2D eigenvalue weighted by atomic mass is 16.2. The lowest BCUT2D eigenvalue weighted by Crippen LogP contribution is -2.36. The molecule has 1 amide bonds. The fourth-order valence-corrected chi connectivity index (χ4v) is 2.48. The van der Waals surface area contributed by atoms with Crippen molar-refractivity contribution >= 4 is 11.6 Å². The molecule has 0 heterocycles. The number of rotatable bonds is 7. The molecule has 0 aliphatic rings. The fraction of sp³-hybridized carbons (Fsp3) is 0.611. The Morgan fingerprint density at radius 1 is 1.29 bits per heavy atom. The molecule has 1 atom stereocenters. The summed E-state index contributed by atoms with van der Waals surface area (Å²) < 4.78 is 0. The number of carbonyl (C=O) groups excluding carboxylic acids is 1. The average molecular weight is 290 g/mol. The molecule has 1 rings (SSSR count). The van der Waals surface area contributed by atoms with Gasteiger partial charge in [-0.05, 0) is 50.3 Å². The predicted molar refractivity (Wildman–Crippen MR) is 91.0 cm³/mol. The minimum Gasteiger partial charge on any atom is -0.384 e. The van der Waals surface area contributed by atoms with Crippen molar-refractivity contribution in [3.63, 3.8) is 0 Å². The largest absolute Gasteiger partial charge is 0.384 e. The lowest BCUT2D eigenvalue weighted by atomic mass is 10.0. The highest BCUT2D eigenvalue weighted by Crippen LogP contribution is 2.21. The van der Waals surface area contributed by atoms with E-state index in [1.807, 2.05) is 24.1 Å². The van der Waals surface area contributed by atoms with Gasteiger partial charge in [0.25, 0.3) is 5.91 Å². The molecule has 3 heteroatoms. The third kappa shape index (κ3) is 5.07. The summed E-state index contributed by atoms with van der Waals surface area (Å²) in [7, 11) is 1.90. The van der Waals surface area contributed by atoms with Crippen LogP contribution in [0.15, 0.2) is 18.2 Å². The van der Waals surface area contributed by atoms with E-state index in [1.165, 1.54) is 5.56 Å². The fourth-order valence-electron chi connectivity index (χ4n) is 2.48. The zero-order valence-corrected chi connectivity index (χ0v) is 14.4. The minimum absolute atomic E-state index is 0.0988. The Bertz CT molecular complexity index is 468. The highest BCUT2D eigenvalue weighted by Gasteiger charge is 2.20. The quantitative estimate of drug-likeness (QED) is 0.811. The Hall–Kier alpha value is -1.51. The normalized spacial score (nSPS) is 12.3. The molecule has 0 aromatic heterocycles. The van der Waals surface area contributed by atoms with Crippen LogP contribution >= 0.6 is 0 Å². The maximum Gasteiger partial charge on any atom is 0.255 e. The van der Waals surface area contributed by atoms with Crippen LogP contribution in [0.3, 0.4) is 0 Å². The minimum atomic E-state index is 0.0988. The summed E-state index contributed by atoms with van der Waals surface area (Å²) in [4.78, 5) is 14.6. The van der Waals surface area contributed by atoms with Gasteiger partial charge in [0, 0.05) is 25.3 Å². The van der Waals surface area contributed by atoms with Crippen molar-refractivity contribution in [3.8, 4) is 0 Å². The molecule has 0 fully saturated rings. The molecule has 0 spiro atoms. The Labute approximate surface area is 129 Å². The van der Waals surface area contributed by atoms with Gasteiger partial charge < -0.3 is 10.2 Å². The topological polar surface area (TPSA) is 32.3 Å². The van der Waals surface area contributed by atoms with E-state index in [2.05, 4.69) is 46.0 Å². The summed E-state index contributed by atoms with van der Waals surface area (Å²) in [6.07, 6.45) is 2.06. The molecule has 0 saturated carbocycles. The van der Waals surface area contributed by atoms with Crippen LogP contribution in [0.5, 0.6) is 0 Å². The second kappa shape index (κ2) is 8.06. The molecular formula is C18H30N2O. The van der Waals surface area contributed by atoms with Crippen molar-refractivity contribution in [2.75, 3.05) is 18.9 Å². The van der Waals surface area contributed by atoms with Crippen molar-refractivity contribution in [2.45, 2.75) is 53.5 Å². The van der Waals surface area contributed by atoms with Crippen molar-refractivity contribution in [1.82, 2.24) is 4.90 Å². The first kappa shape index (κ1) is 17.5. The van der Waals surface area contributed by atoms with Crippen LogP contribution in [0, 0.1) is 12.8 Å². The van der Waals surface area contributed by atoms with Crippen LogP contribution in [0.25, 0.3) is 0 Å². The number of hydrogen-bond donors (Lipinski definition) is 1. The average Bonchev–Trinajstić information content (AvgIpc) is 2.42. The molecule has 3 nitrogen and oxygen atoms in total. The van der Waals surface area contributed by atoms with Crippen molar-refractivity contribution in [2.24, 2.45) is 5.92 Å². The van der Waals surface area contributed by atoms with Crippen molar-refractivity contribution in [3.05, 3.63) is 29.3 Å². The molecule has 118 valence electrons. The van der Waals surface area contributed by atoms with E-state index in [0.29, 0.717) is 5.92 Å². The third-order valence-electron chi connectivity index (χ3n) is 3.76. The van der Waals surface area contributed by atoms with Crippen LogP contribution in [0.4, 0.5) is 5.69 Å². The summed E-state index contributed by atoms with van der Waals surface area (Å²) in [6.45, 7) is 11.6. The lowest BCUT2D eigenvalue weighted by Gasteiger charge is -2.27. The number of nitrogens with one attached hydrogen (secondary N) is 1. The van der Waals surface area contributed by atoms with Gasteiger partial charge >= 0.3 is 0 Å². The van der Waals surface area contributed by atoms with Gasteiger partial charge in [0.1, 0.15) is 0 Å². The number of carbonyl (C=O) groups is 1. The molecule has 0 aliphatic heterocycles. The maximum absolute atomic E-state index is 12.7. The van der Waals surface area contributed by atoms with E-state index in [0.717, 1.165) is 30.6 Å². The predicted octanol–water partition coefficient (Wildman–Crippen LogP) is 4.32. The van der Waals surface area contributed by atoms with Crippen molar-refractivity contribution < 1.29 is 4.79 Å². The van der Waals surface area contributed by atoms with E-state index < -0.39 is 0 Å². The van der Waals surface area contributed by atoms with E-state index in [4.69, 9.17) is 0 Å². The summed E-state index contributed by atoms with van der Waals surface area (Å²) in [5.41, 5.74) is 2.89. The van der Waals surface area contributed by atoms with Crippen LogP contribution in [-0.2, 0) is 0 Å². The number of nitrogens with zero attached hydrogens (tertiary/aromatic N) is 1. The summed E-state index contributed by atoms with van der Waals surface area (Å²) in [5, 5.41) is 3.37. The van der Waals surface area contributed by atoms with E-state index >= 15 is 0 Å². The number of benzene rings is 1. The number of hydrogen-bond acceptors (Lipinski definition) is 2. The molecular weight excluding hydrogens is 260 g/mol. The lowest BCUT2D eigenvalue weighted by molar-refractivity contribution is 0.0729. The Kier molecular flexibility index (Phi) is 6.73. The van der Waals surface area contributed by atoms with Crippen LogP contribution in [0.2, 0.25) is 0 Å². The van der Waals surface area contributed by atoms with Gasteiger partial charge in [-0.25, -0.2) is 0 Å². The molecule has 0 radical (unpaired) electrons. The van der Waals surface area contributed by atoms with E-state index in [-0.39, 0.29) is 11.9 Å². The summed E-state index contributed by atoms with van der Waals surface area (Å²) >= 11 is 0. The zero-order valence-electron chi connectivity index (χ0n) is 14.4. The Morgan fingerprint density at radius 2 is 1.95 bits per heavy atom. The Balaban J connectivity index is 2.95. The van der Waals surface area contributed by atoms with Crippen LogP contribution in [0.1, 0.15) is 56.5 Å². The first-order valence-electron chi connectivity index (χ1n) is 7.98. The molecule has 1 N–H and O–H groups in total. The summed E-state index contributed by atoms with van der Waals surface area (Å²) in [5.74, 6) is 0.688. The van der Waals surface area contributed by atoms with E-state index in [1.54, 1.807) is 0 Å². The number of aryl methyl sites for hydroxylation is 1. The first-order chi connectivity index (χ1) is 9.86. The Morgan fingerprint density at radius 3 is 2.52 bits per heavy atom. The van der Waals surface area contributed by atoms with E-state index in [9.17, 15) is 4.79 Å². The van der Waals surface area contributed by atoms with Crippen molar-refractivity contribution in [1.29, 1.82) is 0 Å². The van der Waals surface area contributed by atoms with Gasteiger partial charge in [-0.2, -0.15) is 0 Å². The monoisotopic (exact) mass is 290 g/mol. The molecule has 0 saturated heterocycles. The van der Waals surface area contributed by atoms with Gasteiger partial charge in [-0.1, -0.05) is 26.8 Å². The third-order valence-corrected chi connectivity index (χ3v) is 3.76. The molecule has 0 aliphatic carbocycles. The second-order valence-electron chi connectivity index (χ2n) is 6.37. The molecule has 1 aromatic rings. The standard InChI is InChI=1S/C18H30N2O/c1-7-10-19-17-12-14(4)8-9-16(17)18(21)20(6)15(5)11-13(2)3/h8-9,12-13,15,19H,7,10-11H2,1-6H3. The SMILES string of the molecule is CCCNc1cc(C)ccc1C(=O)N(C)C(C)CC(C)C. The van der Waals surface area contributed by atoms with Gasteiger partial charge in [-0.15, -0.1) is 0 Å². The summed E-state index contributed by atoms with van der Waals surface area (Å²) in [6, 6.07) is 6.25. The van der Waals surface area contributed by atoms with Gasteiger partial charge in [0.2, 0.25) is 0 Å². The molecule has 1 aromatic carbocycles. The molecule has 21 heavy (non-hydrogen) atoms. The number of amides is 1. The smallest absolute Gasteiger partial charge is 0.255 e. The zero-order chi connectivity index (χ0) is 16.0. The van der Waals surface area contributed by atoms with Gasteiger partial charge in [0.05, 0.1) is 5.56 Å². The van der Waals surface area contributed by atoms with Gasteiger partial charge in [0.15, 0.2) is 0 Å². The molecule has 0 bridgehead atoms. The van der Waals surface area contributed by atoms with Crippen LogP contribution < -0.4 is 5.32 Å². The highest BCUT2D eigenvalue weighted by molar-refractivity contribution is 5.99. The van der Waals surface area contributed by atoms with Crippen LogP contribution in [-0.4, -0.2) is 30.4 Å². The van der Waals surface area contributed by atoms with Gasteiger partial charge in [-0.3, -0.25) is 4.79 Å². The number of anilines is 1. The first-order valence-corrected chi connectivity index (χ1v) is 7.98. The maximum atomic E-state index is 12.7.